The maximum atomic E-state index is 15.2. The standard InChI is InChI=1S/C26H25FN4O4S/c27-21-11-20-22(31(17-5-6-17)26-23(24(20)33)25(34)29-36-26)12-19(21)15-1-3-16(4-2-15)28-13-18(32)14-30-7-9-35-10-8-30/h1-4,11-12,17,28H,5-10,13-14H2,(H,29,34). The Morgan fingerprint density at radius 2 is 1.89 bits per heavy atom. The Labute approximate surface area is 209 Å². The first-order valence-corrected chi connectivity index (χ1v) is 12.9. The van der Waals surface area contributed by atoms with Crippen LogP contribution in [0.3, 0.4) is 0 Å². The average molecular weight is 509 g/mol. The number of nitrogens with zero attached hydrogens (tertiary/aromatic N) is 2. The number of morpholine rings is 1. The predicted molar refractivity (Wildman–Crippen MR) is 139 cm³/mol. The van der Waals surface area contributed by atoms with Gasteiger partial charge < -0.3 is 14.6 Å². The summed E-state index contributed by atoms with van der Waals surface area (Å²) in [4.78, 5) is 40.3. The van der Waals surface area contributed by atoms with Crippen LogP contribution in [0.2, 0.25) is 0 Å². The fourth-order valence-electron chi connectivity index (χ4n) is 4.80. The minimum Gasteiger partial charge on any atom is -0.379 e. The van der Waals surface area contributed by atoms with E-state index in [1.807, 2.05) is 16.7 Å². The molecule has 2 aromatic heterocycles. The van der Waals surface area contributed by atoms with Gasteiger partial charge in [0.15, 0.2) is 5.78 Å². The maximum Gasteiger partial charge on any atom is 0.271 e. The van der Waals surface area contributed by atoms with E-state index in [0.29, 0.717) is 41.2 Å². The molecule has 36 heavy (non-hydrogen) atoms. The van der Waals surface area contributed by atoms with E-state index < -0.39 is 16.8 Å². The second kappa shape index (κ2) is 9.27. The molecule has 0 radical (unpaired) electrons. The van der Waals surface area contributed by atoms with Gasteiger partial charge in [0.25, 0.3) is 5.56 Å². The Balaban J connectivity index is 1.27. The quantitative estimate of drug-likeness (QED) is 0.398. The molecule has 2 N–H and O–H groups in total. The lowest BCUT2D eigenvalue weighted by molar-refractivity contribution is -0.119. The van der Waals surface area contributed by atoms with E-state index in [9.17, 15) is 14.4 Å². The Bertz CT molecular complexity index is 1580. The number of ether oxygens (including phenoxy) is 1. The number of Topliss-reactive ketones (excluding diaryl/α,β-unsaturated/α-hetero) is 1. The Morgan fingerprint density at radius 1 is 1.14 bits per heavy atom. The first-order chi connectivity index (χ1) is 17.5. The molecule has 0 bridgehead atoms. The first-order valence-electron chi connectivity index (χ1n) is 12.0. The van der Waals surface area contributed by atoms with E-state index in [0.717, 1.165) is 43.2 Å². The zero-order chi connectivity index (χ0) is 24.8. The molecule has 1 aliphatic heterocycles. The van der Waals surface area contributed by atoms with Crippen LogP contribution in [-0.2, 0) is 9.53 Å². The Kier molecular flexibility index (Phi) is 5.94. The number of carbonyl (C=O) groups is 1. The molecule has 3 heterocycles. The van der Waals surface area contributed by atoms with Gasteiger partial charge in [-0.25, -0.2) is 4.39 Å². The van der Waals surface area contributed by atoms with Crippen LogP contribution >= 0.6 is 11.5 Å². The van der Waals surface area contributed by atoms with Crippen molar-refractivity contribution < 1.29 is 13.9 Å². The minimum absolute atomic E-state index is 0.0953. The van der Waals surface area contributed by atoms with E-state index in [4.69, 9.17) is 4.74 Å². The molecule has 2 aromatic carbocycles. The molecule has 186 valence electrons. The van der Waals surface area contributed by atoms with Crippen LogP contribution in [-0.4, -0.2) is 59.0 Å². The molecule has 1 saturated carbocycles. The predicted octanol–water partition coefficient (Wildman–Crippen LogP) is 3.36. The highest BCUT2D eigenvalue weighted by atomic mass is 32.1. The largest absolute Gasteiger partial charge is 0.379 e. The Hall–Kier alpha value is -3.34. The zero-order valence-electron chi connectivity index (χ0n) is 19.5. The molecule has 2 fully saturated rings. The second-order valence-electron chi connectivity index (χ2n) is 9.35. The minimum atomic E-state index is -0.519. The number of H-pyrrole nitrogens is 1. The molecule has 0 amide bonds. The van der Waals surface area contributed by atoms with Crippen LogP contribution in [0.25, 0.3) is 32.2 Å². The number of hydrogen-bond acceptors (Lipinski definition) is 7. The zero-order valence-corrected chi connectivity index (χ0v) is 20.3. The van der Waals surface area contributed by atoms with Gasteiger partial charge in [0, 0.05) is 35.8 Å². The summed E-state index contributed by atoms with van der Waals surface area (Å²) in [6, 6.07) is 10.4. The summed E-state index contributed by atoms with van der Waals surface area (Å²) in [5.74, 6) is -0.424. The van der Waals surface area contributed by atoms with Crippen molar-refractivity contribution in [3.05, 3.63) is 62.8 Å². The lowest BCUT2D eigenvalue weighted by atomic mass is 10.0. The van der Waals surface area contributed by atoms with Gasteiger partial charge in [0.05, 0.1) is 31.8 Å². The third kappa shape index (κ3) is 4.25. The summed E-state index contributed by atoms with van der Waals surface area (Å²) in [5.41, 5.74) is 1.59. The number of carbonyl (C=O) groups excluding carboxylic acids is 1. The molecular formula is C26H25FN4O4S. The number of aromatic amines is 1. The number of anilines is 1. The molecule has 10 heteroatoms. The van der Waals surface area contributed by atoms with Gasteiger partial charge in [0.2, 0.25) is 5.43 Å². The molecule has 4 aromatic rings. The van der Waals surface area contributed by atoms with Crippen molar-refractivity contribution in [1.82, 2.24) is 13.8 Å². The van der Waals surface area contributed by atoms with E-state index >= 15 is 4.39 Å². The number of aromatic nitrogens is 2. The number of hydrogen-bond donors (Lipinski definition) is 2. The molecule has 6 rings (SSSR count). The summed E-state index contributed by atoms with van der Waals surface area (Å²) in [5, 5.41) is 3.46. The number of fused-ring (bicyclic) bond motifs is 2. The van der Waals surface area contributed by atoms with Gasteiger partial charge in [-0.05, 0) is 54.2 Å². The van der Waals surface area contributed by atoms with Crippen LogP contribution in [0.1, 0.15) is 18.9 Å². The summed E-state index contributed by atoms with van der Waals surface area (Å²) >= 11 is 1.15. The Morgan fingerprint density at radius 3 is 2.61 bits per heavy atom. The first kappa shape index (κ1) is 23.1. The van der Waals surface area contributed by atoms with Crippen molar-refractivity contribution in [2.45, 2.75) is 18.9 Å². The molecule has 0 atom stereocenters. The van der Waals surface area contributed by atoms with E-state index in [-0.39, 0.29) is 29.1 Å². The lowest BCUT2D eigenvalue weighted by Gasteiger charge is -2.25. The fraction of sp³-hybridized carbons (Fsp3) is 0.346. The van der Waals surface area contributed by atoms with Gasteiger partial charge in [-0.2, -0.15) is 0 Å². The second-order valence-corrected chi connectivity index (χ2v) is 10.1. The summed E-state index contributed by atoms with van der Waals surface area (Å²) in [7, 11) is 0. The smallest absolute Gasteiger partial charge is 0.271 e. The van der Waals surface area contributed by atoms with Gasteiger partial charge in [0.1, 0.15) is 16.0 Å². The third-order valence-corrected chi connectivity index (χ3v) is 7.70. The topological polar surface area (TPSA) is 96.4 Å². The number of halogens is 1. The molecule has 1 aliphatic carbocycles. The number of nitrogens with one attached hydrogen (secondary N) is 2. The summed E-state index contributed by atoms with van der Waals surface area (Å²) in [6.07, 6.45) is 1.91. The van der Waals surface area contributed by atoms with Crippen molar-refractivity contribution in [3.8, 4) is 11.1 Å². The van der Waals surface area contributed by atoms with Gasteiger partial charge in [-0.1, -0.05) is 12.1 Å². The third-order valence-electron chi connectivity index (χ3n) is 6.82. The van der Waals surface area contributed by atoms with Crippen molar-refractivity contribution in [2.75, 3.05) is 44.7 Å². The van der Waals surface area contributed by atoms with E-state index in [2.05, 4.69) is 14.6 Å². The lowest BCUT2D eigenvalue weighted by Crippen LogP contribution is -2.40. The summed E-state index contributed by atoms with van der Waals surface area (Å²) < 4.78 is 25.2. The van der Waals surface area contributed by atoms with Gasteiger partial charge in [-0.3, -0.25) is 23.7 Å². The van der Waals surface area contributed by atoms with Gasteiger partial charge >= 0.3 is 0 Å². The van der Waals surface area contributed by atoms with Crippen LogP contribution in [0, 0.1) is 5.82 Å². The molecular weight excluding hydrogens is 483 g/mol. The normalized spacial score (nSPS) is 16.6. The number of pyridine rings is 1. The molecule has 8 nitrogen and oxygen atoms in total. The summed E-state index contributed by atoms with van der Waals surface area (Å²) in [6.45, 7) is 3.44. The molecule has 2 aliphatic rings. The van der Waals surface area contributed by atoms with Crippen LogP contribution in [0.15, 0.2) is 46.0 Å². The van der Waals surface area contributed by atoms with E-state index in [1.54, 1.807) is 18.2 Å². The highest BCUT2D eigenvalue weighted by Crippen LogP contribution is 2.40. The number of ketones is 1. The van der Waals surface area contributed by atoms with Crippen molar-refractivity contribution in [1.29, 1.82) is 0 Å². The number of benzene rings is 2. The highest BCUT2D eigenvalue weighted by Gasteiger charge is 2.29. The van der Waals surface area contributed by atoms with Crippen LogP contribution in [0.5, 0.6) is 0 Å². The van der Waals surface area contributed by atoms with Crippen molar-refractivity contribution in [2.24, 2.45) is 0 Å². The fourth-order valence-corrected chi connectivity index (χ4v) is 5.72. The van der Waals surface area contributed by atoms with Crippen molar-refractivity contribution in [3.63, 3.8) is 0 Å². The monoisotopic (exact) mass is 508 g/mol. The van der Waals surface area contributed by atoms with E-state index in [1.165, 1.54) is 6.07 Å². The molecule has 0 unspecified atom stereocenters. The average Bonchev–Trinajstić information content (AvgIpc) is 3.65. The van der Waals surface area contributed by atoms with Crippen molar-refractivity contribution >= 4 is 44.1 Å². The SMILES string of the molecule is O=C(CNc1ccc(-c2cc3c(cc2F)c(=O)c2c(=O)[nH]sc2n3C2CC2)cc1)CN1CCOCC1. The van der Waals surface area contributed by atoms with Crippen LogP contribution < -0.4 is 16.3 Å². The van der Waals surface area contributed by atoms with Crippen LogP contribution in [0.4, 0.5) is 10.1 Å². The highest BCUT2D eigenvalue weighted by molar-refractivity contribution is 7.12. The maximum absolute atomic E-state index is 15.2. The number of rotatable bonds is 7. The molecule has 1 saturated heterocycles. The van der Waals surface area contributed by atoms with Gasteiger partial charge in [-0.15, -0.1) is 0 Å². The molecule has 0 spiro atoms.